The molecule has 0 spiro atoms. The normalized spacial score (nSPS) is 16.5. The van der Waals surface area contributed by atoms with Crippen LogP contribution in [0.3, 0.4) is 0 Å². The van der Waals surface area contributed by atoms with Gasteiger partial charge >= 0.3 is 0 Å². The first-order valence-electron chi connectivity index (χ1n) is 10.7. The van der Waals surface area contributed by atoms with Crippen molar-refractivity contribution in [1.82, 2.24) is 25.4 Å². The number of aryl methyl sites for hydroxylation is 1. The lowest BCUT2D eigenvalue weighted by Gasteiger charge is -2.25. The molecule has 0 radical (unpaired) electrons. The Kier molecular flexibility index (Phi) is 6.37. The Balaban J connectivity index is 1.77. The van der Waals surface area contributed by atoms with Crippen molar-refractivity contribution in [3.8, 4) is 17.2 Å². The van der Waals surface area contributed by atoms with Gasteiger partial charge in [-0.25, -0.2) is 9.97 Å². The first-order chi connectivity index (χ1) is 15.8. The number of nitrogens with zero attached hydrogens (tertiary/aromatic N) is 4. The number of ether oxygens (including phenoxy) is 1. The molecule has 0 saturated carbocycles. The zero-order valence-corrected chi connectivity index (χ0v) is 19.7. The van der Waals surface area contributed by atoms with E-state index in [4.69, 9.17) is 26.6 Å². The summed E-state index contributed by atoms with van der Waals surface area (Å²) in [4.78, 5) is 24.6. The van der Waals surface area contributed by atoms with Crippen LogP contribution in [0.5, 0.6) is 5.75 Å². The third-order valence-electron chi connectivity index (χ3n) is 5.66. The van der Waals surface area contributed by atoms with Gasteiger partial charge in [-0.2, -0.15) is 4.98 Å². The van der Waals surface area contributed by atoms with E-state index in [0.717, 1.165) is 22.4 Å². The minimum absolute atomic E-state index is 0.0182. The molecule has 1 aromatic carbocycles. The van der Waals surface area contributed by atoms with Gasteiger partial charge in [0.1, 0.15) is 29.3 Å². The first-order valence-corrected chi connectivity index (χ1v) is 11.1. The molecule has 0 bridgehead atoms. The molecule has 11 heteroatoms. The van der Waals surface area contributed by atoms with E-state index in [0.29, 0.717) is 41.8 Å². The second-order valence-corrected chi connectivity index (χ2v) is 8.36. The number of hydrogen-bond acceptors (Lipinski definition) is 9. The molecule has 33 heavy (non-hydrogen) atoms. The predicted molar refractivity (Wildman–Crippen MR) is 124 cm³/mol. The van der Waals surface area contributed by atoms with Gasteiger partial charge in [-0.15, -0.1) is 0 Å². The van der Waals surface area contributed by atoms with Crippen LogP contribution in [0, 0.1) is 13.8 Å². The van der Waals surface area contributed by atoms with Crippen LogP contribution in [0.2, 0.25) is 5.02 Å². The van der Waals surface area contributed by atoms with E-state index in [2.05, 4.69) is 30.7 Å². The maximum Gasteiger partial charge on any atom is 0.265 e. The summed E-state index contributed by atoms with van der Waals surface area (Å²) in [7, 11) is 0. The molecule has 1 saturated heterocycles. The van der Waals surface area contributed by atoms with Crippen LogP contribution >= 0.6 is 11.6 Å². The Bertz CT molecular complexity index is 1200. The number of nitrogen functional groups attached to an aromatic ring is 1. The van der Waals surface area contributed by atoms with E-state index in [1.54, 1.807) is 6.92 Å². The fraction of sp³-hybridized carbons (Fsp3) is 0.409. The van der Waals surface area contributed by atoms with Crippen LogP contribution in [0.1, 0.15) is 54.7 Å². The Morgan fingerprint density at radius 1 is 1.39 bits per heavy atom. The Labute approximate surface area is 196 Å². The van der Waals surface area contributed by atoms with Crippen LogP contribution < -0.4 is 21.1 Å². The second-order valence-electron chi connectivity index (χ2n) is 7.95. The lowest BCUT2D eigenvalue weighted by atomic mass is 9.89. The van der Waals surface area contributed by atoms with Crippen LogP contribution in [0.4, 0.5) is 11.6 Å². The summed E-state index contributed by atoms with van der Waals surface area (Å²) >= 11 is 6.64. The molecule has 1 fully saturated rings. The summed E-state index contributed by atoms with van der Waals surface area (Å²) in [6.07, 6.45) is 1.76. The molecule has 1 amide bonds. The van der Waals surface area contributed by atoms with E-state index < -0.39 is 0 Å². The van der Waals surface area contributed by atoms with Crippen molar-refractivity contribution in [1.29, 1.82) is 0 Å². The van der Waals surface area contributed by atoms with Gasteiger partial charge in [0.05, 0.1) is 12.6 Å². The molecular formula is C22H26ClN7O3. The van der Waals surface area contributed by atoms with Crippen LogP contribution in [0.15, 0.2) is 16.9 Å². The number of rotatable bonds is 7. The minimum atomic E-state index is -0.287. The van der Waals surface area contributed by atoms with Gasteiger partial charge in [0.2, 0.25) is 5.91 Å². The Morgan fingerprint density at radius 3 is 2.82 bits per heavy atom. The zero-order valence-electron chi connectivity index (χ0n) is 18.9. The number of halogens is 1. The summed E-state index contributed by atoms with van der Waals surface area (Å²) in [5, 5.41) is 10.7. The summed E-state index contributed by atoms with van der Waals surface area (Å²) in [6.45, 7) is 8.57. The van der Waals surface area contributed by atoms with E-state index in [1.165, 1.54) is 6.33 Å². The summed E-state index contributed by atoms with van der Waals surface area (Å²) in [5.41, 5.74) is 9.23. The average molecular weight is 472 g/mol. The van der Waals surface area contributed by atoms with E-state index in [1.807, 2.05) is 26.8 Å². The van der Waals surface area contributed by atoms with Gasteiger partial charge in [-0.1, -0.05) is 16.8 Å². The molecule has 3 aromatic rings. The molecule has 3 heterocycles. The lowest BCUT2D eigenvalue weighted by molar-refractivity contribution is -0.119. The molecule has 10 nitrogen and oxygen atoms in total. The van der Waals surface area contributed by atoms with E-state index in [9.17, 15) is 4.79 Å². The number of amides is 1. The topological polar surface area (TPSA) is 141 Å². The highest BCUT2D eigenvalue weighted by Crippen LogP contribution is 2.43. The van der Waals surface area contributed by atoms with E-state index >= 15 is 0 Å². The highest BCUT2D eigenvalue weighted by Gasteiger charge is 2.31. The molecule has 4 rings (SSSR count). The van der Waals surface area contributed by atoms with Crippen molar-refractivity contribution >= 4 is 29.1 Å². The number of nitrogens with one attached hydrogen (secondary N) is 2. The number of hydrogen-bond donors (Lipinski definition) is 3. The van der Waals surface area contributed by atoms with Gasteiger partial charge in [0.25, 0.3) is 5.89 Å². The number of carbonyl (C=O) groups excluding carboxylic acids is 1. The average Bonchev–Trinajstić information content (AvgIpc) is 3.39. The van der Waals surface area contributed by atoms with Gasteiger partial charge in [0, 0.05) is 35.0 Å². The van der Waals surface area contributed by atoms with Gasteiger partial charge in [-0.3, -0.25) is 4.79 Å². The predicted octanol–water partition coefficient (Wildman–Crippen LogP) is 3.55. The quantitative estimate of drug-likeness (QED) is 0.471. The third kappa shape index (κ3) is 4.43. The van der Waals surface area contributed by atoms with Crippen LogP contribution in [-0.2, 0) is 4.79 Å². The number of carbonyl (C=O) groups is 1. The molecule has 174 valence electrons. The fourth-order valence-corrected chi connectivity index (χ4v) is 4.31. The summed E-state index contributed by atoms with van der Waals surface area (Å²) in [6, 6.07) is 1.60. The smallest absolute Gasteiger partial charge is 0.265 e. The SMILES string of the molecule is CCOc1c([C@H](C)Nc2ncnc(N)c2-c2nc(C)no2)cc(Cl)c(C)c1C1CNC(=O)C1. The standard InChI is InChI=1S/C22H26ClN7O3/c1-5-32-19-14(7-15(23)10(2)17(19)13-6-16(31)25-8-13)11(3)28-21-18(20(24)26-9-27-21)22-29-12(4)30-33-22/h7,9,11,13H,5-6,8H2,1-4H3,(H,25,31)(H3,24,26,27,28)/t11-,13?/m0/s1. The lowest BCUT2D eigenvalue weighted by Crippen LogP contribution is -2.16. The zero-order chi connectivity index (χ0) is 23.7. The first kappa shape index (κ1) is 22.8. The van der Waals surface area contributed by atoms with Crippen molar-refractivity contribution in [3.63, 3.8) is 0 Å². The van der Waals surface area contributed by atoms with Crippen molar-refractivity contribution in [2.45, 2.75) is 46.1 Å². The molecule has 2 aromatic heterocycles. The number of aromatic nitrogens is 4. The van der Waals surface area contributed by atoms with Crippen molar-refractivity contribution < 1.29 is 14.1 Å². The van der Waals surface area contributed by atoms with Gasteiger partial charge < -0.3 is 25.6 Å². The summed E-state index contributed by atoms with van der Waals surface area (Å²) < 4.78 is 11.4. The number of nitrogens with two attached hydrogens (primary N) is 1. The summed E-state index contributed by atoms with van der Waals surface area (Å²) in [5.74, 6) is 2.08. The maximum absolute atomic E-state index is 11.9. The highest BCUT2D eigenvalue weighted by molar-refractivity contribution is 6.31. The highest BCUT2D eigenvalue weighted by atomic mass is 35.5. The molecule has 4 N–H and O–H groups in total. The monoisotopic (exact) mass is 471 g/mol. The van der Waals surface area contributed by atoms with Gasteiger partial charge in [-0.05, 0) is 39.3 Å². The number of anilines is 2. The van der Waals surface area contributed by atoms with Crippen LogP contribution in [0.25, 0.3) is 11.5 Å². The molecule has 1 aliphatic rings. The van der Waals surface area contributed by atoms with E-state index in [-0.39, 0.29) is 29.6 Å². The molecule has 2 atom stereocenters. The fourth-order valence-electron chi connectivity index (χ4n) is 4.09. The maximum atomic E-state index is 11.9. The molecule has 0 aliphatic carbocycles. The Morgan fingerprint density at radius 2 is 2.18 bits per heavy atom. The van der Waals surface area contributed by atoms with Crippen molar-refractivity contribution in [2.75, 3.05) is 24.2 Å². The van der Waals surface area contributed by atoms with Crippen molar-refractivity contribution in [3.05, 3.63) is 39.9 Å². The minimum Gasteiger partial charge on any atom is -0.493 e. The molecular weight excluding hydrogens is 446 g/mol. The molecule has 1 aliphatic heterocycles. The van der Waals surface area contributed by atoms with Gasteiger partial charge in [0.15, 0.2) is 5.82 Å². The Hall–Kier alpha value is -3.40. The van der Waals surface area contributed by atoms with Crippen molar-refractivity contribution in [2.24, 2.45) is 0 Å². The largest absolute Gasteiger partial charge is 0.493 e. The molecule has 1 unspecified atom stereocenters. The number of benzene rings is 1. The second kappa shape index (κ2) is 9.22. The van der Waals surface area contributed by atoms with Crippen LogP contribution in [-0.4, -0.2) is 39.2 Å². The third-order valence-corrected chi connectivity index (χ3v) is 6.06.